The molecule has 0 atom stereocenters. The molecule has 7 nitrogen and oxygen atoms in total. The lowest BCUT2D eigenvalue weighted by Gasteiger charge is -2.38. The molecule has 1 amide bonds. The number of carbonyl (C=O) groups is 1. The van der Waals surface area contributed by atoms with E-state index in [-0.39, 0.29) is 24.6 Å². The number of amides is 1. The number of anilines is 1. The molecule has 0 unspecified atom stereocenters. The number of hydrogen-bond acceptors (Lipinski definition) is 6. The van der Waals surface area contributed by atoms with Gasteiger partial charge in [0.2, 0.25) is 5.91 Å². The van der Waals surface area contributed by atoms with Gasteiger partial charge in [-0.05, 0) is 87.8 Å². The molecule has 0 spiro atoms. The second kappa shape index (κ2) is 12.0. The van der Waals surface area contributed by atoms with Crippen molar-refractivity contribution in [3.8, 4) is 22.9 Å². The van der Waals surface area contributed by atoms with Gasteiger partial charge in [-0.15, -0.1) is 0 Å². The summed E-state index contributed by atoms with van der Waals surface area (Å²) in [5, 5.41) is 13.1. The normalized spacial score (nSPS) is 19.3. The van der Waals surface area contributed by atoms with Gasteiger partial charge in [-0.1, -0.05) is 35.8 Å². The number of carbonyl (C=O) groups excluding carboxylic acids is 1. The van der Waals surface area contributed by atoms with Gasteiger partial charge < -0.3 is 14.2 Å². The van der Waals surface area contributed by atoms with Crippen LogP contribution in [0.15, 0.2) is 53.1 Å². The zero-order chi connectivity index (χ0) is 30.8. The summed E-state index contributed by atoms with van der Waals surface area (Å²) >= 11 is 0. The van der Waals surface area contributed by atoms with E-state index in [1.54, 1.807) is 36.9 Å². The topological polar surface area (TPSA) is 92.2 Å². The molecule has 0 bridgehead atoms. The molecule has 0 N–H and O–H groups in total. The zero-order valence-corrected chi connectivity index (χ0v) is 24.2. The summed E-state index contributed by atoms with van der Waals surface area (Å²) < 4.78 is 64.3. The molecule has 2 aromatic carbocycles. The largest absolute Gasteiger partial charge is 0.473 e. The summed E-state index contributed by atoms with van der Waals surface area (Å²) in [6.07, 6.45) is -1.38. The Bertz CT molecular complexity index is 1470. The van der Waals surface area contributed by atoms with Crippen molar-refractivity contribution in [2.24, 2.45) is 11.8 Å². The summed E-state index contributed by atoms with van der Waals surface area (Å²) in [6, 6.07) is 16.7. The van der Waals surface area contributed by atoms with Crippen LogP contribution in [0.1, 0.15) is 70.5 Å². The molecule has 2 saturated carbocycles. The highest BCUT2D eigenvalue weighted by Crippen LogP contribution is 2.48. The third-order valence-electron chi connectivity index (χ3n) is 8.03. The first-order valence-corrected chi connectivity index (χ1v) is 14.6. The fraction of sp³-hybridized carbons (Fsp3) is 0.500. The molecular formula is C32H34F4N4O3. The number of halogens is 4. The Hall–Kier alpha value is -3.94. The highest BCUT2D eigenvalue weighted by Gasteiger charge is 2.51. The van der Waals surface area contributed by atoms with Gasteiger partial charge >= 0.3 is 6.18 Å². The number of benzene rings is 2. The van der Waals surface area contributed by atoms with Crippen LogP contribution in [0.25, 0.3) is 11.1 Å². The molecule has 5 rings (SSSR count). The molecule has 2 aliphatic rings. The standard InChI is InChI=1S/C32H34F4N4O3/c1-30(2,20-37)42-26-12-10-21(11-13-26)22-7-6-8-25(19-22)40(28(41)23-17-24(18-23)32(34,35)36)16-5-3-4-9-27-38-29(43-39-27)31(33)14-15-31/h6-8,10-13,19,23-24H,3-5,9,14-18H2,1-2H3/t23-,24-. The lowest BCUT2D eigenvalue weighted by molar-refractivity contribution is -0.204. The number of unbranched alkanes of at least 4 members (excludes halogenated alkanes) is 2. The fourth-order valence-corrected chi connectivity index (χ4v) is 5.15. The van der Waals surface area contributed by atoms with Crippen LogP contribution in [0.5, 0.6) is 5.75 Å². The number of ether oxygens (including phenoxy) is 1. The van der Waals surface area contributed by atoms with Crippen molar-refractivity contribution in [3.05, 3.63) is 60.2 Å². The SMILES string of the molecule is CC(C)(C#N)Oc1ccc(-c2cccc(N(CCCCCc3noc(C4(F)CC4)n3)C(=O)[C@H]3C[C@H](C(F)(F)F)C3)c2)cc1. The quantitative estimate of drug-likeness (QED) is 0.157. The van der Waals surface area contributed by atoms with Crippen molar-refractivity contribution in [1.29, 1.82) is 5.26 Å². The van der Waals surface area contributed by atoms with Crippen LogP contribution in [-0.4, -0.2) is 34.4 Å². The monoisotopic (exact) mass is 598 g/mol. The number of nitrogens with zero attached hydrogens (tertiary/aromatic N) is 4. The number of alkyl halides is 4. The van der Waals surface area contributed by atoms with Gasteiger partial charge in [0.15, 0.2) is 17.1 Å². The van der Waals surface area contributed by atoms with E-state index in [0.717, 1.165) is 11.1 Å². The van der Waals surface area contributed by atoms with Crippen molar-refractivity contribution in [3.63, 3.8) is 0 Å². The van der Waals surface area contributed by atoms with Crippen LogP contribution >= 0.6 is 0 Å². The minimum Gasteiger partial charge on any atom is -0.473 e. The highest BCUT2D eigenvalue weighted by atomic mass is 19.4. The Morgan fingerprint density at radius 2 is 1.81 bits per heavy atom. The second-order valence-corrected chi connectivity index (χ2v) is 12.0. The van der Waals surface area contributed by atoms with Crippen LogP contribution in [0, 0.1) is 23.2 Å². The van der Waals surface area contributed by atoms with E-state index < -0.39 is 29.3 Å². The summed E-state index contributed by atoms with van der Waals surface area (Å²) in [7, 11) is 0. The highest BCUT2D eigenvalue weighted by molar-refractivity contribution is 5.96. The van der Waals surface area contributed by atoms with E-state index >= 15 is 0 Å². The van der Waals surface area contributed by atoms with Crippen molar-refractivity contribution in [2.75, 3.05) is 11.4 Å². The predicted octanol–water partition coefficient (Wildman–Crippen LogP) is 7.71. The molecule has 0 saturated heterocycles. The van der Waals surface area contributed by atoms with Gasteiger partial charge in [0.05, 0.1) is 5.92 Å². The maximum absolute atomic E-state index is 14.1. The van der Waals surface area contributed by atoms with Crippen LogP contribution in [0.4, 0.5) is 23.2 Å². The molecule has 2 fully saturated rings. The molecule has 0 radical (unpaired) electrons. The van der Waals surface area contributed by atoms with E-state index in [4.69, 9.17) is 9.26 Å². The third kappa shape index (κ3) is 7.35. The maximum atomic E-state index is 14.1. The van der Waals surface area contributed by atoms with E-state index in [9.17, 15) is 27.6 Å². The summed E-state index contributed by atoms with van der Waals surface area (Å²) in [6.45, 7) is 3.69. The van der Waals surface area contributed by atoms with Crippen LogP contribution in [0.2, 0.25) is 0 Å². The van der Waals surface area contributed by atoms with Crippen LogP contribution in [0.3, 0.4) is 0 Å². The molecule has 1 heterocycles. The van der Waals surface area contributed by atoms with Gasteiger partial charge in [-0.2, -0.15) is 23.4 Å². The Morgan fingerprint density at radius 3 is 2.47 bits per heavy atom. The zero-order valence-electron chi connectivity index (χ0n) is 24.2. The molecule has 3 aromatic rings. The number of hydrogen-bond donors (Lipinski definition) is 0. The lowest BCUT2D eigenvalue weighted by atomic mass is 9.73. The lowest BCUT2D eigenvalue weighted by Crippen LogP contribution is -2.46. The first-order valence-electron chi connectivity index (χ1n) is 14.6. The Labute approximate surface area is 247 Å². The van der Waals surface area contributed by atoms with Crippen LogP contribution < -0.4 is 9.64 Å². The Kier molecular flexibility index (Phi) is 8.50. The van der Waals surface area contributed by atoms with Crippen LogP contribution in [-0.2, 0) is 16.9 Å². The smallest absolute Gasteiger partial charge is 0.391 e. The Morgan fingerprint density at radius 1 is 1.09 bits per heavy atom. The van der Waals surface area contributed by atoms with Gasteiger partial charge in [0.25, 0.3) is 5.89 Å². The van der Waals surface area contributed by atoms with Gasteiger partial charge in [-0.25, -0.2) is 4.39 Å². The maximum Gasteiger partial charge on any atom is 0.391 e. The second-order valence-electron chi connectivity index (χ2n) is 12.0. The van der Waals surface area contributed by atoms with Gasteiger partial charge in [0.1, 0.15) is 11.8 Å². The predicted molar refractivity (Wildman–Crippen MR) is 151 cm³/mol. The van der Waals surface area contributed by atoms with Crippen molar-refractivity contribution in [2.45, 2.75) is 82.7 Å². The first kappa shape index (κ1) is 30.5. The number of nitriles is 1. The molecule has 0 aliphatic heterocycles. The molecule has 1 aromatic heterocycles. The Balaban J connectivity index is 1.25. The summed E-state index contributed by atoms with van der Waals surface area (Å²) in [4.78, 5) is 19.2. The molecular weight excluding hydrogens is 564 g/mol. The average molecular weight is 599 g/mol. The van der Waals surface area contributed by atoms with Crippen molar-refractivity contribution >= 4 is 11.6 Å². The molecule has 228 valence electrons. The average Bonchev–Trinajstić information content (AvgIpc) is 3.50. The minimum absolute atomic E-state index is 0.0324. The third-order valence-corrected chi connectivity index (χ3v) is 8.03. The van der Waals surface area contributed by atoms with E-state index in [1.807, 2.05) is 30.3 Å². The molecule has 11 heteroatoms. The van der Waals surface area contributed by atoms with Crippen molar-refractivity contribution in [1.82, 2.24) is 10.1 Å². The van der Waals surface area contributed by atoms with E-state index in [2.05, 4.69) is 16.2 Å². The summed E-state index contributed by atoms with van der Waals surface area (Å²) in [5.74, 6) is -1.41. The van der Waals surface area contributed by atoms with E-state index in [0.29, 0.717) is 62.3 Å². The fourth-order valence-electron chi connectivity index (χ4n) is 5.15. The van der Waals surface area contributed by atoms with Gasteiger partial charge in [-0.3, -0.25) is 4.79 Å². The van der Waals surface area contributed by atoms with E-state index in [1.165, 1.54) is 0 Å². The van der Waals surface area contributed by atoms with Gasteiger partial charge in [0, 0.05) is 24.6 Å². The number of aryl methyl sites for hydroxylation is 1. The number of aromatic nitrogens is 2. The molecule has 2 aliphatic carbocycles. The van der Waals surface area contributed by atoms with Crippen molar-refractivity contribution < 1.29 is 31.6 Å². The minimum atomic E-state index is -4.30. The number of rotatable bonds is 12. The molecule has 43 heavy (non-hydrogen) atoms. The summed E-state index contributed by atoms with van der Waals surface area (Å²) in [5.41, 5.74) is -0.144. The first-order chi connectivity index (χ1) is 20.4.